The van der Waals surface area contributed by atoms with Crippen molar-refractivity contribution in [2.24, 2.45) is 0 Å². The van der Waals surface area contributed by atoms with E-state index in [0.717, 1.165) is 44.9 Å². The van der Waals surface area contributed by atoms with Crippen molar-refractivity contribution in [3.05, 3.63) is 12.2 Å². The molecule has 0 aromatic heterocycles. The van der Waals surface area contributed by atoms with E-state index in [1.165, 1.54) is 315 Å². The zero-order valence-electron chi connectivity index (χ0n) is 59.1. The first-order valence-corrected chi connectivity index (χ1v) is 39.4. The fourth-order valence-electron chi connectivity index (χ4n) is 13.5. The highest BCUT2D eigenvalue weighted by Gasteiger charge is 2.51. The highest BCUT2D eigenvalue weighted by molar-refractivity contribution is 5.76. The maximum atomic E-state index is 13.4. The average molecular weight is 1300 g/mol. The summed E-state index contributed by atoms with van der Waals surface area (Å²) in [5.74, 6) is -0.229. The van der Waals surface area contributed by atoms with Crippen molar-refractivity contribution in [1.82, 2.24) is 5.32 Å². The van der Waals surface area contributed by atoms with Gasteiger partial charge in [-0.15, -0.1) is 0 Å². The minimum atomic E-state index is -1.79. The lowest BCUT2D eigenvalue weighted by atomic mass is 9.97. The first-order valence-electron chi connectivity index (χ1n) is 39.4. The van der Waals surface area contributed by atoms with Crippen LogP contribution in [0, 0.1) is 0 Å². The highest BCUT2D eigenvalue weighted by Crippen LogP contribution is 2.30. The molecule has 1 amide bonds. The van der Waals surface area contributed by atoms with Gasteiger partial charge in [-0.3, -0.25) is 4.79 Å². The van der Waals surface area contributed by atoms with Gasteiger partial charge in [0.25, 0.3) is 0 Å². The van der Waals surface area contributed by atoms with E-state index in [1.54, 1.807) is 6.08 Å². The molecule has 2 heterocycles. The minimum absolute atomic E-state index is 0.229. The highest BCUT2D eigenvalue weighted by atomic mass is 16.7. The molecule has 9 N–H and O–H groups in total. The second kappa shape index (κ2) is 62.3. The number of carbonyl (C=O) groups excluding carboxylic acids is 1. The third-order valence-corrected chi connectivity index (χ3v) is 19.7. The van der Waals surface area contributed by atoms with Gasteiger partial charge in [0.05, 0.1) is 32.0 Å². The van der Waals surface area contributed by atoms with Crippen LogP contribution in [0.1, 0.15) is 380 Å². The molecule has 0 spiro atoms. The van der Waals surface area contributed by atoms with Crippen LogP contribution in [-0.4, -0.2) is 140 Å². The van der Waals surface area contributed by atoms with Crippen LogP contribution in [0.15, 0.2) is 12.2 Å². The predicted octanol–water partition coefficient (Wildman–Crippen LogP) is 17.3. The van der Waals surface area contributed by atoms with E-state index in [0.29, 0.717) is 0 Å². The molecule has 0 aromatic rings. The van der Waals surface area contributed by atoms with E-state index in [-0.39, 0.29) is 18.9 Å². The summed E-state index contributed by atoms with van der Waals surface area (Å²) >= 11 is 0. The number of aliphatic hydroxyl groups is 8. The molecular weight excluding hydrogens is 1150 g/mol. The van der Waals surface area contributed by atoms with Crippen LogP contribution in [0.25, 0.3) is 0 Å². The number of unbranched alkanes of at least 4 members (excludes halogenated alkanes) is 54. The summed E-state index contributed by atoms with van der Waals surface area (Å²) in [5, 5.41) is 87.6. The number of hydrogen-bond donors (Lipinski definition) is 9. The Hall–Kier alpha value is -1.27. The summed E-state index contributed by atoms with van der Waals surface area (Å²) in [6.45, 7) is 2.88. The largest absolute Gasteiger partial charge is 0.394 e. The summed E-state index contributed by atoms with van der Waals surface area (Å²) in [4.78, 5) is 13.4. The Balaban J connectivity index is 1.62. The molecule has 12 atom stereocenters. The molecule has 14 nitrogen and oxygen atoms in total. The number of allylic oxidation sites excluding steroid dienone is 1. The molecule has 0 aromatic carbocycles. The van der Waals surface area contributed by atoms with Crippen LogP contribution in [-0.2, 0) is 23.7 Å². The van der Waals surface area contributed by atoms with Gasteiger partial charge in [-0.25, -0.2) is 0 Å². The Morgan fingerprint density at radius 3 is 1.01 bits per heavy atom. The molecule has 91 heavy (non-hydrogen) atoms. The molecule has 2 rings (SSSR count). The van der Waals surface area contributed by atoms with Crippen LogP contribution < -0.4 is 5.32 Å². The molecule has 0 saturated carbocycles. The van der Waals surface area contributed by atoms with E-state index in [9.17, 15) is 45.6 Å². The first-order chi connectivity index (χ1) is 44.6. The summed E-state index contributed by atoms with van der Waals surface area (Å²) in [5.41, 5.74) is 0. The number of aliphatic hydroxyl groups excluding tert-OH is 8. The van der Waals surface area contributed by atoms with Crippen LogP contribution in [0.2, 0.25) is 0 Å². The van der Waals surface area contributed by atoms with Crippen molar-refractivity contribution < 1.29 is 64.6 Å². The molecule has 2 fully saturated rings. The van der Waals surface area contributed by atoms with Crippen molar-refractivity contribution in [1.29, 1.82) is 0 Å². The van der Waals surface area contributed by atoms with Gasteiger partial charge in [0.2, 0.25) is 5.91 Å². The van der Waals surface area contributed by atoms with Gasteiger partial charge in [-0.1, -0.05) is 366 Å². The fourth-order valence-corrected chi connectivity index (χ4v) is 13.5. The van der Waals surface area contributed by atoms with Crippen molar-refractivity contribution in [3.63, 3.8) is 0 Å². The normalized spacial score (nSPS) is 22.7. The van der Waals surface area contributed by atoms with Gasteiger partial charge in [-0.2, -0.15) is 0 Å². The zero-order chi connectivity index (χ0) is 65.9. The Morgan fingerprint density at radius 1 is 0.385 bits per heavy atom. The smallest absolute Gasteiger partial charge is 0.220 e. The number of hydrogen-bond acceptors (Lipinski definition) is 13. The SMILES string of the molecule is CCCCCCCCCCCCCCCCCCCCCCCCCCCCCCCCC/C=C/C(O)C(COC1OC(CO)C(OC2OC(CO)C(O)C(O)C2O)C(O)C1O)NC(=O)CCCCCCCCCCCCCCCCCCCCCCCCCC. The van der Waals surface area contributed by atoms with Crippen molar-refractivity contribution in [3.8, 4) is 0 Å². The van der Waals surface area contributed by atoms with Gasteiger partial charge in [0.1, 0.15) is 48.8 Å². The molecule has 0 radical (unpaired) electrons. The van der Waals surface area contributed by atoms with E-state index in [1.807, 2.05) is 6.08 Å². The molecule has 540 valence electrons. The van der Waals surface area contributed by atoms with Crippen LogP contribution in [0.5, 0.6) is 0 Å². The standard InChI is InChI=1S/C77H149NO13/c1-3-5-7-9-11-13-15-17-19-21-23-25-27-29-30-31-32-33-34-35-36-37-38-40-42-44-46-48-50-52-54-56-58-60-66(81)65(64-88-76-74(87)72(85)75(68(63-80)90-76)91-77-73(86)71(84)70(83)67(62-79)89-77)78-69(82)61-59-57-55-53-51-49-47-45-43-41-39-28-26-24-22-20-18-16-14-12-10-8-6-4-2/h58,60,65-68,70-77,79-81,83-87H,3-57,59,61-64H2,1-2H3,(H,78,82)/b60-58+. The second-order valence-electron chi connectivity index (χ2n) is 28.2. The monoisotopic (exact) mass is 1300 g/mol. The summed E-state index contributed by atoms with van der Waals surface area (Å²) < 4.78 is 22.9. The molecule has 2 aliphatic heterocycles. The van der Waals surface area contributed by atoms with Gasteiger partial charge < -0.3 is 65.1 Å². The van der Waals surface area contributed by atoms with E-state index in [2.05, 4.69) is 19.2 Å². The number of rotatable bonds is 67. The predicted molar refractivity (Wildman–Crippen MR) is 374 cm³/mol. The Bertz CT molecular complexity index is 1570. The minimum Gasteiger partial charge on any atom is -0.394 e. The van der Waals surface area contributed by atoms with Gasteiger partial charge in [-0.05, 0) is 19.3 Å². The Morgan fingerprint density at radius 2 is 0.681 bits per heavy atom. The van der Waals surface area contributed by atoms with Crippen molar-refractivity contribution >= 4 is 5.91 Å². The quantitative estimate of drug-likeness (QED) is 0.0204. The molecular formula is C77H149NO13. The third-order valence-electron chi connectivity index (χ3n) is 19.7. The van der Waals surface area contributed by atoms with Gasteiger partial charge in [0, 0.05) is 6.42 Å². The maximum Gasteiger partial charge on any atom is 0.220 e. The molecule has 12 unspecified atom stereocenters. The van der Waals surface area contributed by atoms with E-state index < -0.39 is 86.8 Å². The fraction of sp³-hybridized carbons (Fsp3) is 0.961. The summed E-state index contributed by atoms with van der Waals surface area (Å²) in [7, 11) is 0. The molecule has 14 heteroatoms. The zero-order valence-corrected chi connectivity index (χ0v) is 59.1. The topological polar surface area (TPSA) is 228 Å². The van der Waals surface area contributed by atoms with E-state index in [4.69, 9.17) is 18.9 Å². The van der Waals surface area contributed by atoms with Crippen LogP contribution in [0.4, 0.5) is 0 Å². The average Bonchev–Trinajstić information content (AvgIpc) is 3.75. The lowest BCUT2D eigenvalue weighted by molar-refractivity contribution is -0.359. The molecule has 0 bridgehead atoms. The third kappa shape index (κ3) is 45.8. The lowest BCUT2D eigenvalue weighted by Gasteiger charge is -2.46. The van der Waals surface area contributed by atoms with Crippen molar-refractivity contribution in [2.45, 2.75) is 453 Å². The van der Waals surface area contributed by atoms with Crippen LogP contribution in [0.3, 0.4) is 0 Å². The van der Waals surface area contributed by atoms with Gasteiger partial charge in [0.15, 0.2) is 12.6 Å². The van der Waals surface area contributed by atoms with Crippen molar-refractivity contribution in [2.75, 3.05) is 19.8 Å². The molecule has 0 aliphatic carbocycles. The number of amides is 1. The second-order valence-corrected chi connectivity index (χ2v) is 28.2. The molecule has 2 aliphatic rings. The lowest BCUT2D eigenvalue weighted by Crippen LogP contribution is -2.65. The Labute approximate surface area is 558 Å². The Kier molecular flexibility index (Phi) is 58.7. The van der Waals surface area contributed by atoms with Crippen LogP contribution >= 0.6 is 0 Å². The maximum absolute atomic E-state index is 13.4. The number of ether oxygens (including phenoxy) is 4. The summed E-state index contributed by atoms with van der Waals surface area (Å²) in [6.07, 6.45) is 61.5. The number of carbonyl (C=O) groups is 1. The first kappa shape index (κ1) is 85.8. The van der Waals surface area contributed by atoms with E-state index >= 15 is 0 Å². The number of nitrogens with one attached hydrogen (secondary N) is 1. The summed E-state index contributed by atoms with van der Waals surface area (Å²) in [6, 6.07) is -0.912. The van der Waals surface area contributed by atoms with Gasteiger partial charge >= 0.3 is 0 Å². The molecule has 2 saturated heterocycles.